The van der Waals surface area contributed by atoms with Gasteiger partial charge in [0.05, 0.1) is 5.69 Å². The fraction of sp³-hybridized carbons (Fsp3) is 0.667. The molecular weight excluding hydrogens is 268 g/mol. The summed E-state index contributed by atoms with van der Waals surface area (Å²) in [5.41, 5.74) is 7.97. The lowest BCUT2D eigenvalue weighted by Crippen LogP contribution is -2.43. The first kappa shape index (κ1) is 15.8. The van der Waals surface area contributed by atoms with Gasteiger partial charge in [-0.1, -0.05) is 0 Å². The number of hydrogen-bond acceptors (Lipinski definition) is 5. The molecule has 1 aliphatic heterocycles. The van der Waals surface area contributed by atoms with E-state index in [4.69, 9.17) is 5.73 Å². The minimum absolute atomic E-state index is 0.531. The van der Waals surface area contributed by atoms with Gasteiger partial charge in [-0.15, -0.1) is 11.8 Å². The Labute approximate surface area is 126 Å². The summed E-state index contributed by atoms with van der Waals surface area (Å²) >= 11 is 1.94. The normalized spacial score (nSPS) is 16.5. The van der Waals surface area contributed by atoms with Gasteiger partial charge in [-0.2, -0.15) is 0 Å². The Balaban J connectivity index is 1.65. The molecule has 20 heavy (non-hydrogen) atoms. The lowest BCUT2D eigenvalue weighted by molar-refractivity contribution is 0.238. The molecule has 2 rings (SSSR count). The maximum atomic E-state index is 5.70. The average Bonchev–Trinajstić information content (AvgIpc) is 2.49. The van der Waals surface area contributed by atoms with Gasteiger partial charge in [-0.3, -0.25) is 4.98 Å². The molecule has 0 aliphatic carbocycles. The number of unbranched alkanes of at least 4 members (excludes halogenated alkanes) is 1. The first-order valence-electron chi connectivity index (χ1n) is 7.51. The molecule has 1 aliphatic rings. The molecule has 1 saturated heterocycles. The van der Waals surface area contributed by atoms with Crippen molar-refractivity contribution in [1.82, 2.24) is 15.2 Å². The highest BCUT2D eigenvalue weighted by Gasteiger charge is 2.08. The molecule has 0 bridgehead atoms. The van der Waals surface area contributed by atoms with E-state index in [2.05, 4.69) is 28.2 Å². The second-order valence-electron chi connectivity index (χ2n) is 5.23. The van der Waals surface area contributed by atoms with Gasteiger partial charge in [0.25, 0.3) is 0 Å². The zero-order valence-corrected chi connectivity index (χ0v) is 13.2. The Hall–Kier alpha value is -0.620. The van der Waals surface area contributed by atoms with Crippen LogP contribution in [0.25, 0.3) is 0 Å². The van der Waals surface area contributed by atoms with Gasteiger partial charge in [-0.25, -0.2) is 0 Å². The van der Waals surface area contributed by atoms with Crippen LogP contribution in [0.4, 0.5) is 0 Å². The number of pyridine rings is 1. The first-order valence-corrected chi connectivity index (χ1v) is 8.50. The van der Waals surface area contributed by atoms with Gasteiger partial charge in [0, 0.05) is 43.8 Å². The fourth-order valence-electron chi connectivity index (χ4n) is 2.48. The van der Waals surface area contributed by atoms with E-state index in [1.165, 1.54) is 48.7 Å². The summed E-state index contributed by atoms with van der Waals surface area (Å²) in [4.78, 5) is 8.21. The highest BCUT2D eigenvalue weighted by atomic mass is 32.2. The van der Waals surface area contributed by atoms with Crippen LogP contribution in [0.3, 0.4) is 0 Å². The summed E-state index contributed by atoms with van der Waals surface area (Å²) in [6, 6.07) is 2.11. The number of aromatic nitrogens is 1. The summed E-state index contributed by atoms with van der Waals surface area (Å²) in [6.45, 7) is 8.60. The van der Waals surface area contributed by atoms with Crippen molar-refractivity contribution in [2.24, 2.45) is 5.73 Å². The lowest BCUT2D eigenvalue weighted by Gasteiger charge is -2.26. The monoisotopic (exact) mass is 294 g/mol. The molecule has 0 aromatic carbocycles. The van der Waals surface area contributed by atoms with Crippen molar-refractivity contribution >= 4 is 11.8 Å². The Kier molecular flexibility index (Phi) is 6.79. The molecule has 0 atom stereocenters. The molecule has 1 fully saturated rings. The van der Waals surface area contributed by atoms with Crippen molar-refractivity contribution in [3.63, 3.8) is 0 Å². The lowest BCUT2D eigenvalue weighted by atomic mass is 10.2. The van der Waals surface area contributed by atoms with Crippen molar-refractivity contribution in [3.8, 4) is 0 Å². The fourth-order valence-corrected chi connectivity index (χ4v) is 3.54. The largest absolute Gasteiger partial charge is 0.325 e. The Bertz CT molecular complexity index is 405. The molecule has 0 saturated carbocycles. The van der Waals surface area contributed by atoms with Crippen LogP contribution in [0, 0.1) is 6.92 Å². The van der Waals surface area contributed by atoms with E-state index in [0.717, 1.165) is 18.8 Å². The number of rotatable bonds is 7. The highest BCUT2D eigenvalue weighted by molar-refractivity contribution is 7.99. The van der Waals surface area contributed by atoms with Crippen molar-refractivity contribution in [1.29, 1.82) is 0 Å². The van der Waals surface area contributed by atoms with Crippen LogP contribution in [0.2, 0.25) is 0 Å². The van der Waals surface area contributed by atoms with Gasteiger partial charge in [-0.05, 0) is 43.7 Å². The number of piperazine rings is 1. The van der Waals surface area contributed by atoms with Gasteiger partial charge < -0.3 is 16.0 Å². The van der Waals surface area contributed by atoms with E-state index < -0.39 is 0 Å². The maximum Gasteiger partial charge on any atom is 0.0579 e. The van der Waals surface area contributed by atoms with E-state index in [9.17, 15) is 0 Å². The molecule has 0 amide bonds. The Morgan fingerprint density at radius 3 is 2.90 bits per heavy atom. The molecule has 1 aromatic heterocycles. The third kappa shape index (κ3) is 4.74. The van der Waals surface area contributed by atoms with E-state index in [1.54, 1.807) is 0 Å². The number of thioether (sulfide) groups is 1. The van der Waals surface area contributed by atoms with Crippen LogP contribution in [-0.2, 0) is 6.54 Å². The van der Waals surface area contributed by atoms with Crippen LogP contribution >= 0.6 is 11.8 Å². The molecular formula is C15H26N4S. The van der Waals surface area contributed by atoms with Gasteiger partial charge in [0.15, 0.2) is 0 Å². The molecule has 0 radical (unpaired) electrons. The third-order valence-corrected chi connectivity index (χ3v) is 5.03. The molecule has 112 valence electrons. The van der Waals surface area contributed by atoms with Gasteiger partial charge in [0.2, 0.25) is 0 Å². The molecule has 5 heteroatoms. The maximum absolute atomic E-state index is 5.70. The minimum Gasteiger partial charge on any atom is -0.325 e. The van der Waals surface area contributed by atoms with Crippen LogP contribution in [0.1, 0.15) is 24.1 Å². The second kappa shape index (κ2) is 8.62. The van der Waals surface area contributed by atoms with Crippen molar-refractivity contribution in [2.75, 3.05) is 38.5 Å². The number of hydrogen-bond donors (Lipinski definition) is 2. The quantitative estimate of drug-likeness (QED) is 0.591. The molecule has 0 unspecified atom stereocenters. The van der Waals surface area contributed by atoms with E-state index in [0.29, 0.717) is 6.54 Å². The Morgan fingerprint density at radius 2 is 2.15 bits per heavy atom. The van der Waals surface area contributed by atoms with Crippen molar-refractivity contribution < 1.29 is 0 Å². The topological polar surface area (TPSA) is 54.2 Å². The number of nitrogens with zero attached hydrogens (tertiary/aromatic N) is 2. The Morgan fingerprint density at radius 1 is 1.35 bits per heavy atom. The molecule has 2 heterocycles. The molecule has 0 spiro atoms. The second-order valence-corrected chi connectivity index (χ2v) is 6.37. The average molecular weight is 294 g/mol. The highest BCUT2D eigenvalue weighted by Crippen LogP contribution is 2.24. The molecule has 3 N–H and O–H groups in total. The zero-order chi connectivity index (χ0) is 14.2. The minimum atomic E-state index is 0.531. The number of nitrogens with two attached hydrogens (primary N) is 1. The first-order chi connectivity index (χ1) is 9.81. The van der Waals surface area contributed by atoms with Crippen LogP contribution in [0.15, 0.2) is 17.2 Å². The van der Waals surface area contributed by atoms with Crippen molar-refractivity contribution in [3.05, 3.63) is 23.5 Å². The molecule has 4 nitrogen and oxygen atoms in total. The standard InChI is InChI=1S/C15H26N4S/c1-13-14(12-16)18-5-4-15(13)20-11-3-2-8-19-9-6-17-7-10-19/h4-5,17H,2-3,6-12,16H2,1H3. The summed E-state index contributed by atoms with van der Waals surface area (Å²) in [5.74, 6) is 1.18. The summed E-state index contributed by atoms with van der Waals surface area (Å²) in [6.07, 6.45) is 4.44. The zero-order valence-electron chi connectivity index (χ0n) is 12.4. The number of nitrogens with one attached hydrogen (secondary N) is 1. The van der Waals surface area contributed by atoms with Gasteiger partial charge in [0.1, 0.15) is 0 Å². The third-order valence-electron chi connectivity index (χ3n) is 3.79. The summed E-state index contributed by atoms with van der Waals surface area (Å²) in [5, 5.41) is 3.39. The van der Waals surface area contributed by atoms with Crippen molar-refractivity contribution in [2.45, 2.75) is 31.2 Å². The van der Waals surface area contributed by atoms with E-state index in [1.807, 2.05) is 18.0 Å². The van der Waals surface area contributed by atoms with Crippen LogP contribution in [0.5, 0.6) is 0 Å². The molecule has 1 aromatic rings. The van der Waals surface area contributed by atoms with E-state index >= 15 is 0 Å². The SMILES string of the molecule is Cc1c(SCCCCN2CCNCC2)ccnc1CN. The van der Waals surface area contributed by atoms with Crippen LogP contribution < -0.4 is 11.1 Å². The van der Waals surface area contributed by atoms with Gasteiger partial charge >= 0.3 is 0 Å². The summed E-state index contributed by atoms with van der Waals surface area (Å²) < 4.78 is 0. The van der Waals surface area contributed by atoms with E-state index in [-0.39, 0.29) is 0 Å². The summed E-state index contributed by atoms with van der Waals surface area (Å²) in [7, 11) is 0. The predicted molar refractivity (Wildman–Crippen MR) is 86.1 cm³/mol. The predicted octanol–water partition coefficient (Wildman–Crippen LogP) is 1.63. The smallest absolute Gasteiger partial charge is 0.0579 e. The van der Waals surface area contributed by atoms with Crippen LogP contribution in [-0.4, -0.2) is 48.4 Å².